The average molecular weight is 272 g/mol. The van der Waals surface area contributed by atoms with E-state index >= 15 is 0 Å². The summed E-state index contributed by atoms with van der Waals surface area (Å²) in [6.45, 7) is 6.61. The van der Waals surface area contributed by atoms with Gasteiger partial charge >= 0.3 is 0 Å². The van der Waals surface area contributed by atoms with E-state index in [1.165, 1.54) is 5.56 Å². The molecule has 1 fully saturated rings. The second kappa shape index (κ2) is 7.39. The molecule has 0 amide bonds. The molecule has 0 unspecified atom stereocenters. The summed E-state index contributed by atoms with van der Waals surface area (Å²) in [5.41, 5.74) is 8.14. The van der Waals surface area contributed by atoms with Crippen molar-refractivity contribution in [1.29, 1.82) is 5.26 Å². The van der Waals surface area contributed by atoms with Gasteiger partial charge in [-0.05, 0) is 44.0 Å². The van der Waals surface area contributed by atoms with Crippen molar-refractivity contribution in [2.75, 3.05) is 26.2 Å². The van der Waals surface area contributed by atoms with Crippen LogP contribution in [0, 0.1) is 11.3 Å². The van der Waals surface area contributed by atoms with Gasteiger partial charge in [0.2, 0.25) is 0 Å². The Morgan fingerprint density at radius 3 is 2.85 bits per heavy atom. The van der Waals surface area contributed by atoms with Gasteiger partial charge in [-0.15, -0.1) is 0 Å². The maximum Gasteiger partial charge on any atom is 0.0991 e. The molecule has 4 nitrogen and oxygen atoms in total. The van der Waals surface area contributed by atoms with E-state index in [1.54, 1.807) is 0 Å². The Kier molecular flexibility index (Phi) is 5.54. The zero-order valence-electron chi connectivity index (χ0n) is 12.2. The third kappa shape index (κ3) is 4.61. The van der Waals surface area contributed by atoms with Crippen LogP contribution in [0.1, 0.15) is 24.5 Å². The van der Waals surface area contributed by atoms with E-state index in [4.69, 9.17) is 11.0 Å². The molecule has 1 aromatic carbocycles. The molecule has 2 rings (SSSR count). The van der Waals surface area contributed by atoms with E-state index in [9.17, 15) is 0 Å². The summed E-state index contributed by atoms with van der Waals surface area (Å²) in [7, 11) is 0. The molecular weight excluding hydrogens is 248 g/mol. The van der Waals surface area contributed by atoms with Gasteiger partial charge in [0, 0.05) is 31.7 Å². The summed E-state index contributed by atoms with van der Waals surface area (Å²) in [6.07, 6.45) is 1.90. The van der Waals surface area contributed by atoms with E-state index in [1.807, 2.05) is 24.3 Å². The largest absolute Gasteiger partial charge is 0.327 e. The first-order valence-electron chi connectivity index (χ1n) is 7.37. The molecule has 1 aliphatic rings. The van der Waals surface area contributed by atoms with E-state index in [0.717, 1.165) is 39.0 Å². The van der Waals surface area contributed by atoms with Gasteiger partial charge in [-0.3, -0.25) is 0 Å². The molecule has 3 N–H and O–H groups in total. The van der Waals surface area contributed by atoms with Gasteiger partial charge < -0.3 is 16.0 Å². The van der Waals surface area contributed by atoms with E-state index in [0.29, 0.717) is 11.6 Å². The minimum atomic E-state index is 0.188. The molecule has 108 valence electrons. The first-order chi connectivity index (χ1) is 9.67. The first kappa shape index (κ1) is 15.0. The lowest BCUT2D eigenvalue weighted by Crippen LogP contribution is -2.50. The van der Waals surface area contributed by atoms with Crippen molar-refractivity contribution in [1.82, 2.24) is 10.2 Å². The molecule has 0 aliphatic carbocycles. The number of benzene rings is 1. The normalized spacial score (nSPS) is 21.4. The molecule has 0 saturated carbocycles. The highest BCUT2D eigenvalue weighted by Crippen LogP contribution is 2.08. The quantitative estimate of drug-likeness (QED) is 0.843. The summed E-state index contributed by atoms with van der Waals surface area (Å²) >= 11 is 0. The Hall–Kier alpha value is -1.41. The van der Waals surface area contributed by atoms with Crippen molar-refractivity contribution in [2.24, 2.45) is 5.73 Å². The Morgan fingerprint density at radius 1 is 1.45 bits per heavy atom. The lowest BCUT2D eigenvalue weighted by atomic mass is 10.0. The van der Waals surface area contributed by atoms with Gasteiger partial charge in [-0.1, -0.05) is 12.1 Å². The topological polar surface area (TPSA) is 65.1 Å². The molecule has 0 spiro atoms. The number of rotatable bonds is 5. The van der Waals surface area contributed by atoms with Crippen LogP contribution in [0.4, 0.5) is 0 Å². The fraction of sp³-hybridized carbons (Fsp3) is 0.562. The summed E-state index contributed by atoms with van der Waals surface area (Å²) in [6, 6.07) is 10.6. The second-order valence-electron chi connectivity index (χ2n) is 5.72. The van der Waals surface area contributed by atoms with E-state index < -0.39 is 0 Å². The molecule has 1 aromatic rings. The maximum absolute atomic E-state index is 8.77. The fourth-order valence-corrected chi connectivity index (χ4v) is 2.68. The average Bonchev–Trinajstić information content (AvgIpc) is 2.46. The van der Waals surface area contributed by atoms with Crippen molar-refractivity contribution in [3.05, 3.63) is 35.4 Å². The van der Waals surface area contributed by atoms with Crippen LogP contribution in [0.2, 0.25) is 0 Å². The Bertz CT molecular complexity index is 449. The number of nitrogens with two attached hydrogens (primary N) is 1. The number of piperazine rings is 1. The standard InChI is InChI=1S/C16H24N4/c1-13-12-20(9-7-19-13)8-6-16(18)10-14-2-4-15(11-17)5-3-14/h2-5,13,16,19H,6-10,12,18H2,1H3/t13-,16-/m0/s1. The Labute approximate surface area is 121 Å². The zero-order chi connectivity index (χ0) is 14.4. The number of hydrogen-bond donors (Lipinski definition) is 2. The highest BCUT2D eigenvalue weighted by atomic mass is 15.2. The van der Waals surface area contributed by atoms with E-state index in [2.05, 4.69) is 23.2 Å². The molecule has 20 heavy (non-hydrogen) atoms. The monoisotopic (exact) mass is 272 g/mol. The van der Waals surface area contributed by atoms with Crippen molar-refractivity contribution < 1.29 is 0 Å². The predicted octanol–water partition coefficient (Wildman–Crippen LogP) is 1.11. The molecule has 1 heterocycles. The van der Waals surface area contributed by atoms with Gasteiger partial charge in [0.05, 0.1) is 11.6 Å². The van der Waals surface area contributed by atoms with Gasteiger partial charge in [0.15, 0.2) is 0 Å². The summed E-state index contributed by atoms with van der Waals surface area (Å²) < 4.78 is 0. The third-order valence-electron chi connectivity index (χ3n) is 3.85. The molecular formula is C16H24N4. The smallest absolute Gasteiger partial charge is 0.0991 e. The van der Waals surface area contributed by atoms with Gasteiger partial charge in [-0.2, -0.15) is 5.26 Å². The molecule has 2 atom stereocenters. The van der Waals surface area contributed by atoms with Crippen LogP contribution in [0.5, 0.6) is 0 Å². The highest BCUT2D eigenvalue weighted by Gasteiger charge is 2.16. The lowest BCUT2D eigenvalue weighted by Gasteiger charge is -2.32. The maximum atomic E-state index is 8.77. The number of nitrogens with one attached hydrogen (secondary N) is 1. The van der Waals surface area contributed by atoms with Crippen LogP contribution in [-0.2, 0) is 6.42 Å². The van der Waals surface area contributed by atoms with Crippen molar-refractivity contribution >= 4 is 0 Å². The minimum absolute atomic E-state index is 0.188. The van der Waals surface area contributed by atoms with Crippen molar-refractivity contribution in [3.63, 3.8) is 0 Å². The molecule has 1 saturated heterocycles. The molecule has 4 heteroatoms. The molecule has 0 bridgehead atoms. The SMILES string of the molecule is C[C@H]1CN(CC[C@H](N)Cc2ccc(C#N)cc2)CCN1. The van der Waals surface area contributed by atoms with Gasteiger partial charge in [0.25, 0.3) is 0 Å². The lowest BCUT2D eigenvalue weighted by molar-refractivity contribution is 0.200. The van der Waals surface area contributed by atoms with Crippen LogP contribution in [-0.4, -0.2) is 43.2 Å². The highest BCUT2D eigenvalue weighted by molar-refractivity contribution is 5.31. The second-order valence-corrected chi connectivity index (χ2v) is 5.72. The van der Waals surface area contributed by atoms with Crippen LogP contribution < -0.4 is 11.1 Å². The summed E-state index contributed by atoms with van der Waals surface area (Å²) in [5.74, 6) is 0. The number of hydrogen-bond acceptors (Lipinski definition) is 4. The summed E-state index contributed by atoms with van der Waals surface area (Å²) in [4.78, 5) is 2.49. The van der Waals surface area contributed by atoms with Crippen molar-refractivity contribution in [2.45, 2.75) is 31.8 Å². The van der Waals surface area contributed by atoms with Crippen LogP contribution in [0.3, 0.4) is 0 Å². The van der Waals surface area contributed by atoms with Crippen LogP contribution in [0.15, 0.2) is 24.3 Å². The van der Waals surface area contributed by atoms with Crippen molar-refractivity contribution in [3.8, 4) is 6.07 Å². The summed E-state index contributed by atoms with van der Waals surface area (Å²) in [5, 5.41) is 12.2. The van der Waals surface area contributed by atoms with Crippen LogP contribution in [0.25, 0.3) is 0 Å². The van der Waals surface area contributed by atoms with Crippen LogP contribution >= 0.6 is 0 Å². The first-order valence-corrected chi connectivity index (χ1v) is 7.37. The minimum Gasteiger partial charge on any atom is -0.327 e. The van der Waals surface area contributed by atoms with Gasteiger partial charge in [0.1, 0.15) is 0 Å². The molecule has 1 aliphatic heterocycles. The number of nitrogens with zero attached hydrogens (tertiary/aromatic N) is 2. The number of nitriles is 1. The Balaban J connectivity index is 1.74. The molecule has 0 radical (unpaired) electrons. The van der Waals surface area contributed by atoms with E-state index in [-0.39, 0.29) is 6.04 Å². The third-order valence-corrected chi connectivity index (χ3v) is 3.85. The zero-order valence-corrected chi connectivity index (χ0v) is 12.2. The molecule has 0 aromatic heterocycles. The van der Waals surface area contributed by atoms with Gasteiger partial charge in [-0.25, -0.2) is 0 Å². The Morgan fingerprint density at radius 2 is 2.20 bits per heavy atom. The fourth-order valence-electron chi connectivity index (χ4n) is 2.68. The predicted molar refractivity (Wildman–Crippen MR) is 81.4 cm³/mol.